The molecule has 4 rings (SSSR count). The molecule has 2 heterocycles. The summed E-state index contributed by atoms with van der Waals surface area (Å²) >= 11 is 1.70. The van der Waals surface area contributed by atoms with E-state index < -0.39 is 0 Å². The first-order valence-electron chi connectivity index (χ1n) is 9.23. The van der Waals surface area contributed by atoms with Crippen molar-refractivity contribution in [2.24, 2.45) is 5.92 Å². The van der Waals surface area contributed by atoms with E-state index in [1.807, 2.05) is 18.2 Å². The first kappa shape index (κ1) is 16.6. The van der Waals surface area contributed by atoms with Crippen molar-refractivity contribution in [2.45, 2.75) is 44.6 Å². The number of methoxy groups -OCH3 is 1. The quantitative estimate of drug-likeness (QED) is 0.906. The molecule has 1 saturated heterocycles. The SMILES string of the molecule is COc1ccc2nc(N3CCC(C(=O)NC4CCCC4)CC3)sc2c1. The van der Waals surface area contributed by atoms with Crippen molar-refractivity contribution < 1.29 is 9.53 Å². The van der Waals surface area contributed by atoms with Crippen molar-refractivity contribution in [3.63, 3.8) is 0 Å². The number of amides is 1. The van der Waals surface area contributed by atoms with E-state index in [4.69, 9.17) is 9.72 Å². The number of hydrogen-bond donors (Lipinski definition) is 1. The molecule has 1 N–H and O–H groups in total. The van der Waals surface area contributed by atoms with E-state index in [-0.39, 0.29) is 11.8 Å². The highest BCUT2D eigenvalue weighted by atomic mass is 32.1. The molecule has 1 aromatic heterocycles. The molecule has 1 saturated carbocycles. The van der Waals surface area contributed by atoms with Crippen molar-refractivity contribution in [1.82, 2.24) is 10.3 Å². The van der Waals surface area contributed by atoms with Crippen LogP contribution in [0.4, 0.5) is 5.13 Å². The average molecular weight is 359 g/mol. The highest BCUT2D eigenvalue weighted by molar-refractivity contribution is 7.22. The maximum atomic E-state index is 12.5. The Morgan fingerprint density at radius 3 is 2.72 bits per heavy atom. The fourth-order valence-corrected chi connectivity index (χ4v) is 4.92. The Hall–Kier alpha value is -1.82. The van der Waals surface area contributed by atoms with Gasteiger partial charge in [0.1, 0.15) is 5.75 Å². The van der Waals surface area contributed by atoms with Crippen molar-refractivity contribution >= 4 is 32.6 Å². The van der Waals surface area contributed by atoms with Crippen LogP contribution in [0, 0.1) is 5.92 Å². The summed E-state index contributed by atoms with van der Waals surface area (Å²) in [5.74, 6) is 1.29. The van der Waals surface area contributed by atoms with Gasteiger partial charge in [-0.1, -0.05) is 24.2 Å². The highest BCUT2D eigenvalue weighted by Crippen LogP contribution is 2.33. The van der Waals surface area contributed by atoms with Crippen LogP contribution in [0.1, 0.15) is 38.5 Å². The van der Waals surface area contributed by atoms with Crippen LogP contribution in [0.3, 0.4) is 0 Å². The van der Waals surface area contributed by atoms with E-state index in [2.05, 4.69) is 10.2 Å². The second kappa shape index (κ2) is 7.20. The minimum absolute atomic E-state index is 0.159. The third-order valence-electron chi connectivity index (χ3n) is 5.42. The Balaban J connectivity index is 1.37. The monoisotopic (exact) mass is 359 g/mol. The third kappa shape index (κ3) is 3.59. The van der Waals surface area contributed by atoms with Crippen LogP contribution in [-0.2, 0) is 4.79 Å². The number of thiazole rings is 1. The molecular formula is C19H25N3O2S. The number of rotatable bonds is 4. The summed E-state index contributed by atoms with van der Waals surface area (Å²) in [4.78, 5) is 19.5. The number of carbonyl (C=O) groups excluding carboxylic acids is 1. The van der Waals surface area contributed by atoms with Crippen LogP contribution in [-0.4, -0.2) is 37.1 Å². The van der Waals surface area contributed by atoms with Gasteiger partial charge in [0, 0.05) is 25.0 Å². The molecule has 0 radical (unpaired) electrons. The van der Waals surface area contributed by atoms with E-state index in [0.717, 1.165) is 59.9 Å². The topological polar surface area (TPSA) is 54.5 Å². The molecule has 134 valence electrons. The van der Waals surface area contributed by atoms with Gasteiger partial charge in [0.05, 0.1) is 17.3 Å². The fourth-order valence-electron chi connectivity index (χ4n) is 3.88. The molecule has 25 heavy (non-hydrogen) atoms. The largest absolute Gasteiger partial charge is 0.497 e. The molecule has 1 aliphatic carbocycles. The van der Waals surface area contributed by atoms with Crippen LogP contribution >= 0.6 is 11.3 Å². The van der Waals surface area contributed by atoms with Gasteiger partial charge >= 0.3 is 0 Å². The number of ether oxygens (including phenoxy) is 1. The van der Waals surface area contributed by atoms with Gasteiger partial charge in [0.15, 0.2) is 5.13 Å². The molecule has 2 aromatic rings. The lowest BCUT2D eigenvalue weighted by atomic mass is 9.96. The molecule has 5 nitrogen and oxygen atoms in total. The minimum atomic E-state index is 0.159. The zero-order chi connectivity index (χ0) is 17.2. The van der Waals surface area contributed by atoms with Gasteiger partial charge in [-0.05, 0) is 43.9 Å². The van der Waals surface area contributed by atoms with E-state index in [1.165, 1.54) is 12.8 Å². The summed E-state index contributed by atoms with van der Waals surface area (Å²) in [7, 11) is 1.69. The van der Waals surface area contributed by atoms with Gasteiger partial charge in [0.25, 0.3) is 0 Å². The van der Waals surface area contributed by atoms with Crippen LogP contribution in [0.15, 0.2) is 18.2 Å². The molecule has 6 heteroatoms. The number of nitrogens with one attached hydrogen (secondary N) is 1. The second-order valence-electron chi connectivity index (χ2n) is 7.08. The standard InChI is InChI=1S/C19H25N3O2S/c1-24-15-6-7-16-17(12-15)25-19(21-16)22-10-8-13(9-11-22)18(23)20-14-4-2-3-5-14/h6-7,12-14H,2-5,8-11H2,1H3,(H,20,23). The third-order valence-corrected chi connectivity index (χ3v) is 6.50. The smallest absolute Gasteiger partial charge is 0.223 e. The van der Waals surface area contributed by atoms with Gasteiger partial charge in [-0.2, -0.15) is 0 Å². The lowest BCUT2D eigenvalue weighted by Crippen LogP contribution is -2.43. The molecule has 2 aliphatic rings. The molecule has 1 amide bonds. The summed E-state index contributed by atoms with van der Waals surface area (Å²) in [6.07, 6.45) is 6.65. The summed E-state index contributed by atoms with van der Waals surface area (Å²) in [6, 6.07) is 6.42. The van der Waals surface area contributed by atoms with E-state index >= 15 is 0 Å². The molecule has 0 atom stereocenters. The molecule has 0 unspecified atom stereocenters. The summed E-state index contributed by atoms with van der Waals surface area (Å²) in [5.41, 5.74) is 1.02. The fraction of sp³-hybridized carbons (Fsp3) is 0.579. The predicted molar refractivity (Wildman–Crippen MR) is 102 cm³/mol. The summed E-state index contributed by atoms with van der Waals surface area (Å²) in [5, 5.41) is 4.31. The van der Waals surface area contributed by atoms with Crippen LogP contribution in [0.2, 0.25) is 0 Å². The molecule has 2 fully saturated rings. The number of carbonyl (C=O) groups is 1. The normalized spacial score (nSPS) is 19.5. The predicted octanol–water partition coefficient (Wildman–Crippen LogP) is 3.58. The van der Waals surface area contributed by atoms with E-state index in [9.17, 15) is 4.79 Å². The van der Waals surface area contributed by atoms with E-state index in [1.54, 1.807) is 18.4 Å². The highest BCUT2D eigenvalue weighted by Gasteiger charge is 2.28. The van der Waals surface area contributed by atoms with Crippen molar-refractivity contribution in [1.29, 1.82) is 0 Å². The Kier molecular flexibility index (Phi) is 4.79. The van der Waals surface area contributed by atoms with Crippen molar-refractivity contribution in [3.8, 4) is 5.75 Å². The van der Waals surface area contributed by atoms with Crippen LogP contribution in [0.25, 0.3) is 10.2 Å². The van der Waals surface area contributed by atoms with Gasteiger partial charge in [0.2, 0.25) is 5.91 Å². The number of anilines is 1. The number of aromatic nitrogens is 1. The number of piperidine rings is 1. The van der Waals surface area contributed by atoms with Crippen LogP contribution in [0.5, 0.6) is 5.75 Å². The van der Waals surface area contributed by atoms with Gasteiger partial charge in [-0.3, -0.25) is 4.79 Å². The number of fused-ring (bicyclic) bond motifs is 1. The van der Waals surface area contributed by atoms with E-state index in [0.29, 0.717) is 6.04 Å². The summed E-state index contributed by atoms with van der Waals surface area (Å²) in [6.45, 7) is 1.80. The number of nitrogens with zero attached hydrogens (tertiary/aromatic N) is 2. The number of hydrogen-bond acceptors (Lipinski definition) is 5. The zero-order valence-corrected chi connectivity index (χ0v) is 15.5. The number of benzene rings is 1. The van der Waals surface area contributed by atoms with Crippen molar-refractivity contribution in [2.75, 3.05) is 25.1 Å². The van der Waals surface area contributed by atoms with Crippen LogP contribution < -0.4 is 15.0 Å². The zero-order valence-electron chi connectivity index (χ0n) is 14.7. The first-order chi connectivity index (χ1) is 12.2. The Morgan fingerprint density at radius 1 is 1.24 bits per heavy atom. The Labute approximate surface area is 152 Å². The maximum Gasteiger partial charge on any atom is 0.223 e. The van der Waals surface area contributed by atoms with Crippen molar-refractivity contribution in [3.05, 3.63) is 18.2 Å². The molecule has 0 spiro atoms. The lowest BCUT2D eigenvalue weighted by Gasteiger charge is -2.31. The van der Waals surface area contributed by atoms with Gasteiger partial charge < -0.3 is 15.0 Å². The van der Waals surface area contributed by atoms with Gasteiger partial charge in [-0.25, -0.2) is 4.98 Å². The second-order valence-corrected chi connectivity index (χ2v) is 8.09. The molecular weight excluding hydrogens is 334 g/mol. The van der Waals surface area contributed by atoms with Gasteiger partial charge in [-0.15, -0.1) is 0 Å². The first-order valence-corrected chi connectivity index (χ1v) is 10.0. The molecule has 0 bridgehead atoms. The molecule has 1 aromatic carbocycles. The average Bonchev–Trinajstić information content (AvgIpc) is 3.30. The molecule has 1 aliphatic heterocycles. The Bertz CT molecular complexity index is 746. The lowest BCUT2D eigenvalue weighted by molar-refractivity contribution is -0.126. The summed E-state index contributed by atoms with van der Waals surface area (Å²) < 4.78 is 6.44. The maximum absolute atomic E-state index is 12.5. The minimum Gasteiger partial charge on any atom is -0.497 e. The Morgan fingerprint density at radius 2 is 2.00 bits per heavy atom.